The summed E-state index contributed by atoms with van der Waals surface area (Å²) in [7, 11) is 0. The Kier molecular flexibility index (Phi) is 5.79. The van der Waals surface area contributed by atoms with Crippen molar-refractivity contribution in [3.8, 4) is 0 Å². The lowest BCUT2D eigenvalue weighted by Crippen LogP contribution is -2.31. The van der Waals surface area contributed by atoms with Crippen LogP contribution in [-0.4, -0.2) is 43.5 Å². The van der Waals surface area contributed by atoms with Crippen LogP contribution in [0.15, 0.2) is 61.1 Å². The van der Waals surface area contributed by atoms with Gasteiger partial charge in [0, 0.05) is 25.4 Å². The van der Waals surface area contributed by atoms with Crippen LogP contribution in [0.5, 0.6) is 0 Å². The van der Waals surface area contributed by atoms with Crippen LogP contribution in [0.3, 0.4) is 0 Å². The SMILES string of the molecule is Cc1nc(NCCNC(=O)Cn2cnc3ccccc32)cc(Nc2ccccn2)n1. The van der Waals surface area contributed by atoms with Gasteiger partial charge in [-0.25, -0.2) is 19.9 Å². The first-order valence-corrected chi connectivity index (χ1v) is 9.61. The quantitative estimate of drug-likeness (QED) is 0.389. The van der Waals surface area contributed by atoms with Gasteiger partial charge in [-0.1, -0.05) is 18.2 Å². The number of pyridine rings is 1. The summed E-state index contributed by atoms with van der Waals surface area (Å²) in [5.74, 6) is 2.60. The molecule has 0 saturated heterocycles. The summed E-state index contributed by atoms with van der Waals surface area (Å²) in [6, 6.07) is 15.2. The van der Waals surface area contributed by atoms with E-state index >= 15 is 0 Å². The van der Waals surface area contributed by atoms with Gasteiger partial charge in [0.1, 0.15) is 29.8 Å². The minimum absolute atomic E-state index is 0.0728. The average Bonchev–Trinajstić information content (AvgIpc) is 3.14. The van der Waals surface area contributed by atoms with Gasteiger partial charge in [0.2, 0.25) is 5.91 Å². The van der Waals surface area contributed by atoms with Gasteiger partial charge in [0.05, 0.1) is 17.4 Å². The number of aromatic nitrogens is 5. The summed E-state index contributed by atoms with van der Waals surface area (Å²) in [5.41, 5.74) is 1.82. The highest BCUT2D eigenvalue weighted by Gasteiger charge is 2.07. The van der Waals surface area contributed by atoms with Crippen molar-refractivity contribution in [2.75, 3.05) is 23.7 Å². The maximum Gasteiger partial charge on any atom is 0.240 e. The Bertz CT molecular complexity index is 1140. The fourth-order valence-electron chi connectivity index (χ4n) is 3.03. The smallest absolute Gasteiger partial charge is 0.240 e. The number of carbonyl (C=O) groups is 1. The number of amides is 1. The highest BCUT2D eigenvalue weighted by molar-refractivity contribution is 5.80. The molecule has 0 saturated carbocycles. The number of nitrogens with zero attached hydrogens (tertiary/aromatic N) is 5. The number of nitrogens with one attached hydrogen (secondary N) is 3. The monoisotopic (exact) mass is 402 g/mol. The van der Waals surface area contributed by atoms with Crippen molar-refractivity contribution < 1.29 is 4.79 Å². The first-order valence-electron chi connectivity index (χ1n) is 9.61. The van der Waals surface area contributed by atoms with E-state index in [4.69, 9.17) is 0 Å². The minimum Gasteiger partial charge on any atom is -0.368 e. The second kappa shape index (κ2) is 8.99. The Morgan fingerprint density at radius 2 is 1.80 bits per heavy atom. The van der Waals surface area contributed by atoms with Crippen LogP contribution in [0.4, 0.5) is 17.5 Å². The van der Waals surface area contributed by atoms with Gasteiger partial charge < -0.3 is 20.5 Å². The number of fused-ring (bicyclic) bond motifs is 1. The standard InChI is InChI=1S/C21H22N8O/c1-15-26-19(12-20(27-15)28-18-8-4-5-9-22-18)23-10-11-24-21(30)13-29-14-25-16-6-2-3-7-17(16)29/h2-9,12,14H,10-11,13H2,1H3,(H,24,30)(H2,22,23,26,27,28). The van der Waals surface area contributed by atoms with E-state index in [0.29, 0.717) is 36.4 Å². The largest absolute Gasteiger partial charge is 0.368 e. The zero-order valence-corrected chi connectivity index (χ0v) is 16.5. The number of hydrogen-bond donors (Lipinski definition) is 3. The van der Waals surface area contributed by atoms with E-state index in [1.54, 1.807) is 18.6 Å². The summed E-state index contributed by atoms with van der Waals surface area (Å²) in [4.78, 5) is 29.5. The molecule has 0 bridgehead atoms. The van der Waals surface area contributed by atoms with Crippen LogP contribution in [0.25, 0.3) is 11.0 Å². The van der Waals surface area contributed by atoms with Gasteiger partial charge in [-0.15, -0.1) is 0 Å². The van der Waals surface area contributed by atoms with Gasteiger partial charge in [0.15, 0.2) is 0 Å². The molecule has 30 heavy (non-hydrogen) atoms. The number of hydrogen-bond acceptors (Lipinski definition) is 7. The third-order valence-corrected chi connectivity index (χ3v) is 4.35. The van der Waals surface area contributed by atoms with Crippen molar-refractivity contribution in [3.05, 3.63) is 66.9 Å². The molecule has 1 amide bonds. The minimum atomic E-state index is -0.0728. The van der Waals surface area contributed by atoms with E-state index in [9.17, 15) is 4.79 Å². The predicted octanol–water partition coefficient (Wildman–Crippen LogP) is 2.50. The van der Waals surface area contributed by atoms with Crippen molar-refractivity contribution in [3.63, 3.8) is 0 Å². The fraction of sp³-hybridized carbons (Fsp3) is 0.190. The first-order chi connectivity index (χ1) is 14.7. The molecule has 1 aromatic carbocycles. The number of benzene rings is 1. The number of rotatable bonds is 8. The first kappa shape index (κ1) is 19.3. The molecule has 0 fully saturated rings. The molecule has 4 aromatic rings. The summed E-state index contributed by atoms with van der Waals surface area (Å²) in [6.07, 6.45) is 3.40. The second-order valence-corrected chi connectivity index (χ2v) is 6.66. The molecule has 9 nitrogen and oxygen atoms in total. The van der Waals surface area contributed by atoms with E-state index < -0.39 is 0 Å². The van der Waals surface area contributed by atoms with Crippen LogP contribution in [-0.2, 0) is 11.3 Å². The van der Waals surface area contributed by atoms with Crippen LogP contribution in [0, 0.1) is 6.92 Å². The van der Waals surface area contributed by atoms with Gasteiger partial charge >= 0.3 is 0 Å². The molecule has 0 atom stereocenters. The molecule has 0 aliphatic rings. The van der Waals surface area contributed by atoms with Gasteiger partial charge in [-0.3, -0.25) is 4.79 Å². The molecule has 9 heteroatoms. The number of imidazole rings is 1. The Morgan fingerprint density at radius 1 is 0.967 bits per heavy atom. The number of carbonyl (C=O) groups excluding carboxylic acids is 1. The topological polar surface area (TPSA) is 110 Å². The normalized spacial score (nSPS) is 10.7. The molecule has 3 N–H and O–H groups in total. The van der Waals surface area contributed by atoms with Crippen LogP contribution >= 0.6 is 0 Å². The highest BCUT2D eigenvalue weighted by Crippen LogP contribution is 2.15. The van der Waals surface area contributed by atoms with Crippen molar-refractivity contribution >= 4 is 34.4 Å². The molecule has 0 spiro atoms. The third kappa shape index (κ3) is 4.88. The Morgan fingerprint density at radius 3 is 2.67 bits per heavy atom. The summed E-state index contributed by atoms with van der Waals surface area (Å²) >= 11 is 0. The van der Waals surface area contributed by atoms with Gasteiger partial charge in [-0.2, -0.15) is 0 Å². The zero-order chi connectivity index (χ0) is 20.8. The second-order valence-electron chi connectivity index (χ2n) is 6.66. The van der Waals surface area contributed by atoms with Crippen molar-refractivity contribution in [2.24, 2.45) is 0 Å². The molecular weight excluding hydrogens is 380 g/mol. The van der Waals surface area contributed by atoms with Gasteiger partial charge in [0.25, 0.3) is 0 Å². The molecule has 0 aliphatic heterocycles. The van der Waals surface area contributed by atoms with Crippen LogP contribution < -0.4 is 16.0 Å². The predicted molar refractivity (Wildman–Crippen MR) is 116 cm³/mol. The zero-order valence-electron chi connectivity index (χ0n) is 16.5. The number of aryl methyl sites for hydroxylation is 1. The maximum atomic E-state index is 12.2. The van der Waals surface area contributed by atoms with E-state index in [-0.39, 0.29) is 12.5 Å². The lowest BCUT2D eigenvalue weighted by atomic mass is 10.3. The van der Waals surface area contributed by atoms with Crippen molar-refractivity contribution in [2.45, 2.75) is 13.5 Å². The molecule has 0 radical (unpaired) electrons. The molecule has 0 unspecified atom stereocenters. The highest BCUT2D eigenvalue weighted by atomic mass is 16.1. The fourth-order valence-corrected chi connectivity index (χ4v) is 3.03. The summed E-state index contributed by atoms with van der Waals surface area (Å²) in [6.45, 7) is 3.06. The van der Waals surface area contributed by atoms with Crippen molar-refractivity contribution in [1.82, 2.24) is 29.8 Å². The summed E-state index contributed by atoms with van der Waals surface area (Å²) < 4.78 is 1.83. The van der Waals surface area contributed by atoms with E-state index in [1.807, 2.05) is 54.0 Å². The molecule has 3 heterocycles. The Hall–Kier alpha value is -4.01. The lowest BCUT2D eigenvalue weighted by Gasteiger charge is -2.11. The van der Waals surface area contributed by atoms with Crippen LogP contribution in [0.1, 0.15) is 5.82 Å². The number of para-hydroxylation sites is 2. The lowest BCUT2D eigenvalue weighted by molar-refractivity contribution is -0.121. The molecule has 3 aromatic heterocycles. The molecular formula is C21H22N8O. The van der Waals surface area contributed by atoms with E-state index in [1.165, 1.54) is 0 Å². The molecule has 4 rings (SSSR count). The van der Waals surface area contributed by atoms with Crippen LogP contribution in [0.2, 0.25) is 0 Å². The number of anilines is 3. The van der Waals surface area contributed by atoms with Gasteiger partial charge in [-0.05, 0) is 31.2 Å². The molecule has 0 aliphatic carbocycles. The van der Waals surface area contributed by atoms with Crippen molar-refractivity contribution in [1.29, 1.82) is 0 Å². The Labute approximate surface area is 173 Å². The summed E-state index contributed by atoms with van der Waals surface area (Å²) in [5, 5.41) is 9.27. The Balaban J connectivity index is 1.27. The maximum absolute atomic E-state index is 12.2. The molecule has 152 valence electrons. The van der Waals surface area contributed by atoms with E-state index in [2.05, 4.69) is 35.9 Å². The third-order valence-electron chi connectivity index (χ3n) is 4.35. The average molecular weight is 402 g/mol. The van der Waals surface area contributed by atoms with E-state index in [0.717, 1.165) is 11.0 Å².